The summed E-state index contributed by atoms with van der Waals surface area (Å²) in [4.78, 5) is 12.5. The van der Waals surface area contributed by atoms with Gasteiger partial charge in [0.1, 0.15) is 22.5 Å². The zero-order chi connectivity index (χ0) is 18.7. The number of hydrogen-bond donors (Lipinski definition) is 2. The molecule has 0 aliphatic rings. The summed E-state index contributed by atoms with van der Waals surface area (Å²) in [6.07, 6.45) is 0. The number of fused-ring (bicyclic) bond motifs is 1. The lowest BCUT2D eigenvalue weighted by Gasteiger charge is -2.14. The van der Waals surface area contributed by atoms with E-state index in [0.29, 0.717) is 22.6 Å². The maximum Gasteiger partial charge on any atom is 0.261 e. The fourth-order valence-electron chi connectivity index (χ4n) is 2.41. The van der Waals surface area contributed by atoms with Gasteiger partial charge >= 0.3 is 0 Å². The molecule has 2 aromatic carbocycles. The number of ether oxygens (including phenoxy) is 2. The zero-order valence-electron chi connectivity index (χ0n) is 14.3. The van der Waals surface area contributed by atoms with E-state index < -0.39 is 0 Å². The summed E-state index contributed by atoms with van der Waals surface area (Å²) < 4.78 is 18.9. The van der Waals surface area contributed by atoms with Crippen molar-refractivity contribution in [3.8, 4) is 11.5 Å². The van der Waals surface area contributed by atoms with Gasteiger partial charge in [-0.05, 0) is 42.9 Å². The van der Waals surface area contributed by atoms with E-state index in [0.717, 1.165) is 28.5 Å². The molecule has 134 valence electrons. The van der Waals surface area contributed by atoms with E-state index in [9.17, 15) is 4.79 Å². The van der Waals surface area contributed by atoms with Crippen LogP contribution in [0.25, 0.3) is 11.0 Å². The minimum atomic E-state index is -0.386. The lowest BCUT2D eigenvalue weighted by molar-refractivity contribution is 0.0974. The molecule has 0 aliphatic heterocycles. The molecule has 3 rings (SSSR count). The molecule has 2 N–H and O–H groups in total. The number of benzene rings is 2. The van der Waals surface area contributed by atoms with Gasteiger partial charge in [-0.3, -0.25) is 10.1 Å². The van der Waals surface area contributed by atoms with Crippen LogP contribution in [0.4, 0.5) is 5.69 Å². The predicted octanol–water partition coefficient (Wildman–Crippen LogP) is 3.14. The second-order valence-corrected chi connectivity index (χ2v) is 6.30. The number of aryl methyl sites for hydroxylation is 1. The van der Waals surface area contributed by atoms with Gasteiger partial charge in [0.2, 0.25) is 0 Å². The third-order valence-electron chi connectivity index (χ3n) is 3.76. The standard InChI is InChI=1S/C17H16N4O3S2/c1-9-4-7-12-15(21-26-20-12)14(9)18-17(25)19-16(22)11-6-5-10(23-2)8-13(11)24-3/h4-8H,1-3H3,(H2,18,19,22,25). The zero-order valence-corrected chi connectivity index (χ0v) is 16.0. The van der Waals surface area contributed by atoms with Crippen molar-refractivity contribution in [2.24, 2.45) is 0 Å². The first kappa shape index (κ1) is 18.0. The van der Waals surface area contributed by atoms with E-state index in [-0.39, 0.29) is 11.0 Å². The molecule has 0 saturated heterocycles. The Morgan fingerprint density at radius 3 is 2.69 bits per heavy atom. The lowest BCUT2D eigenvalue weighted by atomic mass is 10.1. The van der Waals surface area contributed by atoms with E-state index in [1.165, 1.54) is 7.11 Å². The molecule has 0 fully saturated rings. The molecule has 0 aliphatic carbocycles. The van der Waals surface area contributed by atoms with Crippen LogP contribution in [0, 0.1) is 6.92 Å². The van der Waals surface area contributed by atoms with Crippen molar-refractivity contribution >= 4 is 51.7 Å². The summed E-state index contributed by atoms with van der Waals surface area (Å²) in [5, 5.41) is 5.86. The van der Waals surface area contributed by atoms with Crippen LogP contribution < -0.4 is 20.1 Å². The van der Waals surface area contributed by atoms with Crippen LogP contribution in [-0.4, -0.2) is 34.0 Å². The second kappa shape index (κ2) is 7.63. The highest BCUT2D eigenvalue weighted by molar-refractivity contribution is 7.80. The van der Waals surface area contributed by atoms with Crippen molar-refractivity contribution in [1.29, 1.82) is 0 Å². The van der Waals surface area contributed by atoms with Crippen LogP contribution in [0.3, 0.4) is 0 Å². The Bertz CT molecular complexity index is 987. The Kier molecular flexibility index (Phi) is 5.29. The highest BCUT2D eigenvalue weighted by Gasteiger charge is 2.16. The molecule has 1 amide bonds. The number of anilines is 1. The number of rotatable bonds is 4. The predicted molar refractivity (Wildman–Crippen MR) is 105 cm³/mol. The van der Waals surface area contributed by atoms with Gasteiger partial charge in [-0.15, -0.1) is 0 Å². The molecule has 0 saturated carbocycles. The Balaban J connectivity index is 1.79. The maximum atomic E-state index is 12.5. The third-order valence-corrected chi connectivity index (χ3v) is 4.50. The van der Waals surface area contributed by atoms with Crippen LogP contribution in [0.2, 0.25) is 0 Å². The number of methoxy groups -OCH3 is 2. The van der Waals surface area contributed by atoms with Crippen molar-refractivity contribution < 1.29 is 14.3 Å². The number of carbonyl (C=O) groups is 1. The van der Waals surface area contributed by atoms with Crippen molar-refractivity contribution in [3.63, 3.8) is 0 Å². The van der Waals surface area contributed by atoms with Gasteiger partial charge in [0.05, 0.1) is 37.2 Å². The first-order valence-electron chi connectivity index (χ1n) is 7.59. The second-order valence-electron chi connectivity index (χ2n) is 5.36. The monoisotopic (exact) mass is 388 g/mol. The van der Waals surface area contributed by atoms with E-state index in [2.05, 4.69) is 19.4 Å². The number of carbonyl (C=O) groups excluding carboxylic acids is 1. The summed E-state index contributed by atoms with van der Waals surface area (Å²) in [5.74, 6) is 0.604. The van der Waals surface area contributed by atoms with Gasteiger partial charge in [0.15, 0.2) is 5.11 Å². The third kappa shape index (κ3) is 3.58. The average molecular weight is 388 g/mol. The summed E-state index contributed by atoms with van der Waals surface area (Å²) in [6.45, 7) is 1.93. The molecule has 26 heavy (non-hydrogen) atoms. The Labute approximate surface area is 159 Å². The van der Waals surface area contributed by atoms with Crippen molar-refractivity contribution in [1.82, 2.24) is 14.1 Å². The first-order chi connectivity index (χ1) is 12.5. The summed E-state index contributed by atoms with van der Waals surface area (Å²) in [7, 11) is 3.03. The summed E-state index contributed by atoms with van der Waals surface area (Å²) >= 11 is 6.41. The van der Waals surface area contributed by atoms with Gasteiger partial charge < -0.3 is 14.8 Å². The Morgan fingerprint density at radius 1 is 1.15 bits per heavy atom. The molecule has 9 heteroatoms. The minimum Gasteiger partial charge on any atom is -0.497 e. The van der Waals surface area contributed by atoms with Crippen LogP contribution >= 0.6 is 23.9 Å². The lowest BCUT2D eigenvalue weighted by Crippen LogP contribution is -2.34. The summed E-state index contributed by atoms with van der Waals surface area (Å²) in [5.41, 5.74) is 3.51. The van der Waals surface area contributed by atoms with E-state index in [1.54, 1.807) is 25.3 Å². The minimum absolute atomic E-state index is 0.163. The normalized spacial score (nSPS) is 10.4. The number of aromatic nitrogens is 2. The Hall–Kier alpha value is -2.78. The summed E-state index contributed by atoms with van der Waals surface area (Å²) in [6, 6.07) is 8.75. The van der Waals surface area contributed by atoms with Gasteiger partial charge in [-0.2, -0.15) is 8.75 Å². The van der Waals surface area contributed by atoms with Crippen molar-refractivity contribution in [2.45, 2.75) is 6.92 Å². The van der Waals surface area contributed by atoms with Gasteiger partial charge in [-0.25, -0.2) is 0 Å². The van der Waals surface area contributed by atoms with Crippen molar-refractivity contribution in [3.05, 3.63) is 41.5 Å². The molecule has 0 spiro atoms. The highest BCUT2D eigenvalue weighted by Crippen LogP contribution is 2.26. The van der Waals surface area contributed by atoms with Crippen LogP contribution in [-0.2, 0) is 0 Å². The van der Waals surface area contributed by atoms with Gasteiger partial charge in [-0.1, -0.05) is 6.07 Å². The topological polar surface area (TPSA) is 85.4 Å². The molecule has 0 unspecified atom stereocenters. The number of thiocarbonyl (C=S) groups is 1. The number of nitrogens with zero attached hydrogens (tertiary/aromatic N) is 2. The fourth-order valence-corrected chi connectivity index (χ4v) is 3.15. The molecule has 0 radical (unpaired) electrons. The van der Waals surface area contributed by atoms with Crippen LogP contribution in [0.1, 0.15) is 15.9 Å². The first-order valence-corrected chi connectivity index (χ1v) is 8.73. The smallest absolute Gasteiger partial charge is 0.261 e. The maximum absolute atomic E-state index is 12.5. The molecule has 0 bridgehead atoms. The van der Waals surface area contributed by atoms with Crippen LogP contribution in [0.15, 0.2) is 30.3 Å². The SMILES string of the molecule is COc1ccc(C(=O)NC(=S)Nc2c(C)ccc3nsnc23)c(OC)c1. The van der Waals surface area contributed by atoms with Gasteiger partial charge in [0.25, 0.3) is 5.91 Å². The van der Waals surface area contributed by atoms with E-state index in [1.807, 2.05) is 19.1 Å². The average Bonchev–Trinajstić information content (AvgIpc) is 3.12. The quantitative estimate of drug-likeness (QED) is 0.664. The Morgan fingerprint density at radius 2 is 1.96 bits per heavy atom. The molecular formula is C17H16N4O3S2. The molecular weight excluding hydrogens is 372 g/mol. The van der Waals surface area contributed by atoms with Crippen molar-refractivity contribution in [2.75, 3.05) is 19.5 Å². The van der Waals surface area contributed by atoms with Gasteiger partial charge in [0, 0.05) is 6.07 Å². The number of amides is 1. The van der Waals surface area contributed by atoms with Crippen LogP contribution in [0.5, 0.6) is 11.5 Å². The molecule has 3 aromatic rings. The number of hydrogen-bond acceptors (Lipinski definition) is 7. The highest BCUT2D eigenvalue weighted by atomic mass is 32.1. The molecule has 1 heterocycles. The largest absolute Gasteiger partial charge is 0.497 e. The molecule has 1 aromatic heterocycles. The fraction of sp³-hybridized carbons (Fsp3) is 0.176. The molecule has 7 nitrogen and oxygen atoms in total. The van der Waals surface area contributed by atoms with E-state index >= 15 is 0 Å². The number of nitrogens with one attached hydrogen (secondary N) is 2. The van der Waals surface area contributed by atoms with E-state index in [4.69, 9.17) is 21.7 Å². The molecule has 0 atom stereocenters.